The van der Waals surface area contributed by atoms with E-state index in [9.17, 15) is 23.1 Å². The molecule has 3 N–H and O–H groups in total. The van der Waals surface area contributed by atoms with Crippen LogP contribution in [0.5, 0.6) is 5.88 Å². The highest BCUT2D eigenvalue weighted by Gasteiger charge is 2.28. The second-order valence-electron chi connectivity index (χ2n) is 6.53. The van der Waals surface area contributed by atoms with Crippen LogP contribution in [0, 0.1) is 0 Å². The topological polar surface area (TPSA) is 83.5 Å². The maximum Gasteiger partial charge on any atom is 0.422 e. The van der Waals surface area contributed by atoms with Crippen molar-refractivity contribution >= 4 is 5.91 Å². The Morgan fingerprint density at radius 1 is 1.29 bits per heavy atom. The lowest BCUT2D eigenvalue weighted by Gasteiger charge is -2.30. The minimum absolute atomic E-state index is 0.0327. The Kier molecular flexibility index (Phi) is 6.15. The van der Waals surface area contributed by atoms with Crippen LogP contribution in [0.3, 0.4) is 0 Å². The fraction of sp³-hybridized carbons (Fsp3) is 0.368. The number of alkyl halides is 3. The van der Waals surface area contributed by atoms with E-state index < -0.39 is 24.8 Å². The van der Waals surface area contributed by atoms with Crippen molar-refractivity contribution in [2.45, 2.75) is 31.3 Å². The van der Waals surface area contributed by atoms with Crippen molar-refractivity contribution in [3.63, 3.8) is 0 Å². The van der Waals surface area contributed by atoms with Gasteiger partial charge in [-0.2, -0.15) is 13.2 Å². The summed E-state index contributed by atoms with van der Waals surface area (Å²) in [7, 11) is 0. The average molecular weight is 395 g/mol. The van der Waals surface area contributed by atoms with Crippen molar-refractivity contribution in [1.82, 2.24) is 15.6 Å². The SMILES string of the molecule is O=C(NC[C@@H](O)[C@@H]1Cc2ccccc2CN1)c1ccc(OCC(F)(F)F)nc1. The normalized spacial score (nSPS) is 17.5. The first-order chi connectivity index (χ1) is 13.3. The molecule has 0 fully saturated rings. The van der Waals surface area contributed by atoms with Crippen molar-refractivity contribution < 1.29 is 27.8 Å². The minimum Gasteiger partial charge on any atom is -0.468 e. The van der Waals surface area contributed by atoms with Crippen molar-refractivity contribution in [3.05, 3.63) is 59.3 Å². The maximum absolute atomic E-state index is 12.2. The van der Waals surface area contributed by atoms with Gasteiger partial charge in [0.25, 0.3) is 5.91 Å². The van der Waals surface area contributed by atoms with Gasteiger partial charge in [0.05, 0.1) is 11.7 Å². The molecular weight excluding hydrogens is 375 g/mol. The lowest BCUT2D eigenvalue weighted by atomic mass is 9.93. The highest BCUT2D eigenvalue weighted by molar-refractivity contribution is 5.93. The summed E-state index contributed by atoms with van der Waals surface area (Å²) in [6.07, 6.45) is -3.47. The van der Waals surface area contributed by atoms with Gasteiger partial charge in [-0.1, -0.05) is 24.3 Å². The summed E-state index contributed by atoms with van der Waals surface area (Å²) in [5, 5.41) is 16.2. The first kappa shape index (κ1) is 20.1. The molecule has 0 saturated carbocycles. The monoisotopic (exact) mass is 395 g/mol. The van der Waals surface area contributed by atoms with E-state index in [0.29, 0.717) is 13.0 Å². The molecular formula is C19H20F3N3O3. The molecule has 0 spiro atoms. The van der Waals surface area contributed by atoms with Crippen molar-refractivity contribution in [2.75, 3.05) is 13.2 Å². The molecule has 1 aromatic heterocycles. The smallest absolute Gasteiger partial charge is 0.422 e. The summed E-state index contributed by atoms with van der Waals surface area (Å²) in [5.74, 6) is -0.705. The first-order valence-corrected chi connectivity index (χ1v) is 8.74. The Morgan fingerprint density at radius 2 is 2.04 bits per heavy atom. The second kappa shape index (κ2) is 8.57. The Balaban J connectivity index is 1.48. The van der Waals surface area contributed by atoms with Crippen LogP contribution >= 0.6 is 0 Å². The number of pyridine rings is 1. The van der Waals surface area contributed by atoms with E-state index in [4.69, 9.17) is 0 Å². The molecule has 150 valence electrons. The number of benzene rings is 1. The van der Waals surface area contributed by atoms with E-state index in [0.717, 1.165) is 11.8 Å². The Bertz CT molecular complexity index is 812. The molecule has 0 bridgehead atoms. The number of rotatable bonds is 6. The van der Waals surface area contributed by atoms with Crippen LogP contribution in [0.1, 0.15) is 21.5 Å². The molecule has 0 aliphatic carbocycles. The zero-order valence-corrected chi connectivity index (χ0v) is 14.9. The summed E-state index contributed by atoms with van der Waals surface area (Å²) in [4.78, 5) is 15.8. The number of nitrogens with one attached hydrogen (secondary N) is 2. The van der Waals surface area contributed by atoms with Gasteiger partial charge in [-0.05, 0) is 23.6 Å². The lowest BCUT2D eigenvalue weighted by Crippen LogP contribution is -2.49. The van der Waals surface area contributed by atoms with Crippen LogP contribution in [-0.4, -0.2) is 47.5 Å². The van der Waals surface area contributed by atoms with Crippen molar-refractivity contribution in [2.24, 2.45) is 0 Å². The fourth-order valence-corrected chi connectivity index (χ4v) is 2.95. The summed E-state index contributed by atoms with van der Waals surface area (Å²) in [6, 6.07) is 10.3. The molecule has 6 nitrogen and oxygen atoms in total. The highest BCUT2D eigenvalue weighted by Crippen LogP contribution is 2.18. The molecule has 1 amide bonds. The third-order valence-corrected chi connectivity index (χ3v) is 4.43. The molecule has 0 unspecified atom stereocenters. The number of carbonyl (C=O) groups excluding carboxylic acids is 1. The molecule has 2 atom stereocenters. The zero-order chi connectivity index (χ0) is 20.1. The maximum atomic E-state index is 12.2. The van der Waals surface area contributed by atoms with Crippen LogP contribution < -0.4 is 15.4 Å². The predicted molar refractivity (Wildman–Crippen MR) is 94.9 cm³/mol. The van der Waals surface area contributed by atoms with Gasteiger partial charge in [0.1, 0.15) is 0 Å². The van der Waals surface area contributed by atoms with Crippen LogP contribution in [0.15, 0.2) is 42.6 Å². The van der Waals surface area contributed by atoms with Crippen LogP contribution in [-0.2, 0) is 13.0 Å². The van der Waals surface area contributed by atoms with E-state index in [2.05, 4.69) is 20.4 Å². The standard InChI is InChI=1S/C19H20F3N3O3/c20-19(21,22)11-28-17-6-5-14(9-24-17)18(27)25-10-16(26)15-7-12-3-1-2-4-13(12)8-23-15/h1-6,9,15-16,23,26H,7-8,10-11H2,(H,25,27)/t15-,16+/m0/s1. The van der Waals surface area contributed by atoms with Crippen molar-refractivity contribution in [1.29, 1.82) is 0 Å². The fourth-order valence-electron chi connectivity index (χ4n) is 2.95. The number of amides is 1. The Morgan fingerprint density at radius 3 is 2.71 bits per heavy atom. The van der Waals surface area contributed by atoms with Gasteiger partial charge in [-0.25, -0.2) is 4.98 Å². The average Bonchev–Trinajstić information content (AvgIpc) is 2.69. The van der Waals surface area contributed by atoms with Crippen LogP contribution in [0.2, 0.25) is 0 Å². The van der Waals surface area contributed by atoms with Gasteiger partial charge in [0.2, 0.25) is 5.88 Å². The summed E-state index contributed by atoms with van der Waals surface area (Å²) in [5.41, 5.74) is 2.51. The number of aliphatic hydroxyl groups excluding tert-OH is 1. The molecule has 1 aromatic carbocycles. The number of aromatic nitrogens is 1. The minimum atomic E-state index is -4.46. The van der Waals surface area contributed by atoms with E-state index >= 15 is 0 Å². The zero-order valence-electron chi connectivity index (χ0n) is 14.9. The largest absolute Gasteiger partial charge is 0.468 e. The lowest BCUT2D eigenvalue weighted by molar-refractivity contribution is -0.154. The molecule has 1 aliphatic rings. The van der Waals surface area contributed by atoms with Crippen LogP contribution in [0.25, 0.3) is 0 Å². The molecule has 2 heterocycles. The van der Waals surface area contributed by atoms with Gasteiger partial charge in [-0.15, -0.1) is 0 Å². The number of aliphatic hydroxyl groups is 1. The van der Waals surface area contributed by atoms with Gasteiger partial charge in [0.15, 0.2) is 6.61 Å². The number of hydrogen-bond donors (Lipinski definition) is 3. The van der Waals surface area contributed by atoms with Crippen molar-refractivity contribution in [3.8, 4) is 5.88 Å². The number of hydrogen-bond acceptors (Lipinski definition) is 5. The summed E-state index contributed by atoms with van der Waals surface area (Å²) in [6.45, 7) is -0.768. The quantitative estimate of drug-likeness (QED) is 0.695. The number of carbonyl (C=O) groups is 1. The summed E-state index contributed by atoms with van der Waals surface area (Å²) >= 11 is 0. The molecule has 9 heteroatoms. The Hall–Kier alpha value is -2.65. The third-order valence-electron chi connectivity index (χ3n) is 4.43. The first-order valence-electron chi connectivity index (χ1n) is 8.74. The second-order valence-corrected chi connectivity index (χ2v) is 6.53. The van der Waals surface area contributed by atoms with Crippen LogP contribution in [0.4, 0.5) is 13.2 Å². The van der Waals surface area contributed by atoms with Gasteiger partial charge < -0.3 is 20.5 Å². The molecule has 0 radical (unpaired) electrons. The number of halogens is 3. The van der Waals surface area contributed by atoms with Gasteiger partial charge in [0, 0.05) is 31.4 Å². The molecule has 0 saturated heterocycles. The van der Waals surface area contributed by atoms with Gasteiger partial charge in [-0.3, -0.25) is 4.79 Å². The van der Waals surface area contributed by atoms with Gasteiger partial charge >= 0.3 is 6.18 Å². The molecule has 1 aliphatic heterocycles. The Labute approximate surface area is 159 Å². The van der Waals surface area contributed by atoms with E-state index in [-0.39, 0.29) is 24.0 Å². The van der Waals surface area contributed by atoms with E-state index in [1.807, 2.05) is 24.3 Å². The molecule has 28 heavy (non-hydrogen) atoms. The number of fused-ring (bicyclic) bond motifs is 1. The number of nitrogens with zero attached hydrogens (tertiary/aromatic N) is 1. The molecule has 2 aromatic rings. The van der Waals surface area contributed by atoms with E-state index in [1.54, 1.807) is 0 Å². The third kappa shape index (κ3) is 5.43. The summed E-state index contributed by atoms with van der Waals surface area (Å²) < 4.78 is 40.8. The number of ether oxygens (including phenoxy) is 1. The highest BCUT2D eigenvalue weighted by atomic mass is 19.4. The molecule has 3 rings (SSSR count). The van der Waals surface area contributed by atoms with E-state index in [1.165, 1.54) is 17.7 Å². The predicted octanol–water partition coefficient (Wildman–Crippen LogP) is 1.83.